The van der Waals surface area contributed by atoms with Crippen LogP contribution in [0.1, 0.15) is 36.8 Å². The van der Waals surface area contributed by atoms with E-state index in [1.54, 1.807) is 53.4 Å². The molecule has 0 unspecified atom stereocenters. The summed E-state index contributed by atoms with van der Waals surface area (Å²) >= 11 is 7.93. The molecule has 4 amide bonds. The van der Waals surface area contributed by atoms with E-state index in [4.69, 9.17) is 16.7 Å². The first-order valence-electron chi connectivity index (χ1n) is 21.9. The third kappa shape index (κ3) is 6.20. The van der Waals surface area contributed by atoms with Crippen molar-refractivity contribution in [2.24, 2.45) is 46.4 Å². The second-order valence-electron chi connectivity index (χ2n) is 18.2. The highest BCUT2D eigenvalue weighted by atomic mass is 35.5. The van der Waals surface area contributed by atoms with Gasteiger partial charge in [-0.3, -0.25) is 28.8 Å². The van der Waals surface area contributed by atoms with Crippen LogP contribution in [0.25, 0.3) is 31.4 Å². The van der Waals surface area contributed by atoms with Crippen molar-refractivity contribution in [1.29, 1.82) is 0 Å². The molecule has 14 heteroatoms. The minimum absolute atomic E-state index is 0.0156. The van der Waals surface area contributed by atoms with Crippen LogP contribution in [0.2, 0.25) is 5.02 Å². The van der Waals surface area contributed by atoms with Gasteiger partial charge in [-0.15, -0.1) is 11.3 Å². The number of carbonyl (C=O) groups excluding carboxylic acids is 4. The normalized spacial score (nSPS) is 23.8. The Bertz CT molecular complexity index is 3280. The molecule has 4 aliphatic rings. The lowest BCUT2D eigenvalue weighted by Crippen LogP contribution is -2.49. The lowest BCUT2D eigenvalue weighted by atomic mass is 9.51. The van der Waals surface area contributed by atoms with Gasteiger partial charge in [0.2, 0.25) is 23.6 Å². The van der Waals surface area contributed by atoms with Gasteiger partial charge in [0, 0.05) is 59.5 Å². The van der Waals surface area contributed by atoms with Gasteiger partial charge in [0.25, 0.3) is 0 Å². The average Bonchev–Trinajstić information content (AvgIpc) is 3.99. The zero-order chi connectivity index (χ0) is 45.9. The maximum absolute atomic E-state index is 15.4. The fourth-order valence-corrected chi connectivity index (χ4v) is 12.5. The summed E-state index contributed by atoms with van der Waals surface area (Å²) in [4.78, 5) is 65.3. The molecule has 5 aromatic carbocycles. The molecule has 1 N–H and O–H groups in total. The number of benzene rings is 5. The first-order valence-corrected chi connectivity index (χ1v) is 23.1. The number of imide groups is 2. The standard InChI is InChI=1S/C52H44ClN7O5S/c1-27-38-24-29(53)11-23-42(38)66-47(27)41-26-43(58(5)56-41)60-49(63)40-25-39-35(45(52(40,2)51(60)65)37-20-10-28-8-6-7-9-34(28)46(37)61)21-22-36-44(39)50(64)59(48(36)62)33-18-14-31(15-19-33)55-54-30-12-16-32(17-13-30)57(3)4/h6-21,23-24,26,36,39-40,44-45,61H,22,25H2,1-5H3/t36-,39+,40-,44-,45+,52+/m0/s1. The number of anilines is 3. The number of thiophene rings is 1. The highest BCUT2D eigenvalue weighted by Gasteiger charge is 2.68. The van der Waals surface area contributed by atoms with Gasteiger partial charge < -0.3 is 10.0 Å². The number of fused-ring (bicyclic) bond motifs is 6. The molecule has 0 bridgehead atoms. The summed E-state index contributed by atoms with van der Waals surface area (Å²) in [5.41, 5.74) is 4.22. The van der Waals surface area contributed by atoms with E-state index >= 15 is 9.59 Å². The van der Waals surface area contributed by atoms with E-state index in [1.807, 2.05) is 118 Å². The largest absolute Gasteiger partial charge is 0.507 e. The number of amides is 4. The Hall–Kier alpha value is -6.96. The van der Waals surface area contributed by atoms with Crippen LogP contribution in [0.3, 0.4) is 0 Å². The van der Waals surface area contributed by atoms with Crippen molar-refractivity contribution >= 4 is 96.0 Å². The van der Waals surface area contributed by atoms with Crippen LogP contribution >= 0.6 is 22.9 Å². The molecule has 0 spiro atoms. The summed E-state index contributed by atoms with van der Waals surface area (Å²) in [7, 11) is 5.66. The summed E-state index contributed by atoms with van der Waals surface area (Å²) in [6.07, 6.45) is 2.42. The number of phenols is 1. The highest BCUT2D eigenvalue weighted by Crippen LogP contribution is 2.65. The molecule has 2 saturated heterocycles. The third-order valence-electron chi connectivity index (χ3n) is 14.5. The fourth-order valence-electron chi connectivity index (χ4n) is 11.2. The number of aromatic nitrogens is 2. The van der Waals surface area contributed by atoms with Gasteiger partial charge in [0.1, 0.15) is 17.3 Å². The number of halogens is 1. The lowest BCUT2D eigenvalue weighted by molar-refractivity contribution is -0.131. The Kier molecular flexibility index (Phi) is 9.68. The summed E-state index contributed by atoms with van der Waals surface area (Å²) in [5.74, 6) is -4.87. The van der Waals surface area contributed by atoms with Crippen molar-refractivity contribution in [3.05, 3.63) is 137 Å². The molecule has 11 rings (SSSR count). The van der Waals surface area contributed by atoms with Crippen LogP contribution in [-0.4, -0.2) is 52.6 Å². The quantitative estimate of drug-likeness (QED) is 0.0953. The van der Waals surface area contributed by atoms with Crippen molar-refractivity contribution in [3.63, 3.8) is 0 Å². The van der Waals surface area contributed by atoms with Crippen LogP contribution < -0.4 is 14.7 Å². The van der Waals surface area contributed by atoms with Crippen LogP contribution in [-0.2, 0) is 26.2 Å². The van der Waals surface area contributed by atoms with Crippen LogP contribution in [0, 0.1) is 36.0 Å². The van der Waals surface area contributed by atoms with Gasteiger partial charge in [0.15, 0.2) is 0 Å². The summed E-state index contributed by atoms with van der Waals surface area (Å²) in [6.45, 7) is 3.83. The third-order valence-corrected chi connectivity index (χ3v) is 16.0. The number of carbonyl (C=O) groups is 4. The number of allylic oxidation sites excluding steroid dienone is 2. The molecular weight excluding hydrogens is 870 g/mol. The fraction of sp³-hybridized carbons (Fsp3) is 0.250. The number of aryl methyl sites for hydroxylation is 2. The molecule has 66 heavy (non-hydrogen) atoms. The predicted octanol–water partition coefficient (Wildman–Crippen LogP) is 11.0. The second kappa shape index (κ2) is 15.3. The maximum atomic E-state index is 15.4. The highest BCUT2D eigenvalue weighted by molar-refractivity contribution is 7.22. The first-order chi connectivity index (χ1) is 31.7. The molecule has 330 valence electrons. The maximum Gasteiger partial charge on any atom is 0.242 e. The van der Waals surface area contributed by atoms with Crippen LogP contribution in [0.4, 0.5) is 28.6 Å². The Balaban J connectivity index is 0.960. The molecule has 0 radical (unpaired) electrons. The minimum atomic E-state index is -1.37. The monoisotopic (exact) mass is 913 g/mol. The number of nitrogens with zero attached hydrogens (tertiary/aromatic N) is 7. The van der Waals surface area contributed by atoms with Gasteiger partial charge in [0.05, 0.1) is 45.1 Å². The minimum Gasteiger partial charge on any atom is -0.507 e. The molecule has 1 saturated carbocycles. The van der Waals surface area contributed by atoms with Gasteiger partial charge in [-0.25, -0.2) is 4.90 Å². The van der Waals surface area contributed by atoms with Crippen LogP contribution in [0.5, 0.6) is 5.75 Å². The zero-order valence-corrected chi connectivity index (χ0v) is 38.3. The number of rotatable bonds is 7. The predicted molar refractivity (Wildman–Crippen MR) is 258 cm³/mol. The lowest BCUT2D eigenvalue weighted by Gasteiger charge is -2.49. The Morgan fingerprint density at radius 1 is 0.818 bits per heavy atom. The molecule has 6 atom stereocenters. The summed E-state index contributed by atoms with van der Waals surface area (Å²) in [5, 5.41) is 28.8. The number of hydrogen-bond donors (Lipinski definition) is 1. The first kappa shape index (κ1) is 41.7. The van der Waals surface area contributed by atoms with Gasteiger partial charge >= 0.3 is 0 Å². The summed E-state index contributed by atoms with van der Waals surface area (Å²) < 4.78 is 2.61. The van der Waals surface area contributed by atoms with Crippen molar-refractivity contribution in [2.45, 2.75) is 32.6 Å². The van der Waals surface area contributed by atoms with E-state index in [0.717, 1.165) is 37.2 Å². The molecular formula is C52H44ClN7O5S. The van der Waals surface area contributed by atoms with Gasteiger partial charge in [-0.1, -0.05) is 59.6 Å². The molecule has 7 aromatic rings. The number of azo groups is 1. The molecule has 2 aliphatic carbocycles. The average molecular weight is 914 g/mol. The zero-order valence-electron chi connectivity index (χ0n) is 36.8. The molecule has 3 fully saturated rings. The molecule has 12 nitrogen and oxygen atoms in total. The topological polar surface area (TPSA) is 141 Å². The number of phenolic OH excluding ortho intramolecular Hbond substituents is 1. The Morgan fingerprint density at radius 2 is 1.53 bits per heavy atom. The van der Waals surface area contributed by atoms with E-state index < -0.39 is 46.8 Å². The van der Waals surface area contributed by atoms with E-state index in [2.05, 4.69) is 10.2 Å². The number of hydrogen-bond acceptors (Lipinski definition) is 10. The Labute approximate surface area is 389 Å². The SMILES string of the molecule is Cc1c(-c2cc(N3C(=O)[C@@H]4C[C@@H]5C(=CC[C@@H]6C(=O)N(c7ccc(N=Nc8ccc(N(C)C)cc8)cc7)C(=O)[C@@H]65)[C@H](c5ccc6ccccc6c5O)[C@]4(C)C3=O)n(C)n2)sc2ccc(Cl)cc12. The van der Waals surface area contributed by atoms with Crippen LogP contribution in [0.15, 0.2) is 131 Å². The van der Waals surface area contributed by atoms with E-state index in [1.165, 1.54) is 9.80 Å². The Morgan fingerprint density at radius 3 is 2.26 bits per heavy atom. The molecule has 2 aromatic heterocycles. The molecule has 2 aliphatic heterocycles. The second-order valence-corrected chi connectivity index (χ2v) is 19.7. The smallest absolute Gasteiger partial charge is 0.242 e. The van der Waals surface area contributed by atoms with Gasteiger partial charge in [-0.05, 0) is 116 Å². The molecule has 4 heterocycles. The summed E-state index contributed by atoms with van der Waals surface area (Å²) in [6, 6.07) is 33.3. The van der Waals surface area contributed by atoms with Crippen molar-refractivity contribution in [1.82, 2.24) is 9.78 Å². The van der Waals surface area contributed by atoms with E-state index in [-0.39, 0.29) is 30.4 Å². The van der Waals surface area contributed by atoms with Gasteiger partial charge in [-0.2, -0.15) is 15.3 Å². The van der Waals surface area contributed by atoms with E-state index in [0.29, 0.717) is 44.5 Å². The van der Waals surface area contributed by atoms with Crippen molar-refractivity contribution in [2.75, 3.05) is 28.8 Å². The van der Waals surface area contributed by atoms with Crippen molar-refractivity contribution < 1.29 is 24.3 Å². The van der Waals surface area contributed by atoms with E-state index in [9.17, 15) is 14.7 Å². The van der Waals surface area contributed by atoms with Crippen molar-refractivity contribution in [3.8, 4) is 16.3 Å². The number of aromatic hydroxyl groups is 1.